The number of thiazole rings is 1. The Morgan fingerprint density at radius 1 is 1.33 bits per heavy atom. The zero-order valence-corrected chi connectivity index (χ0v) is 14.1. The third-order valence-electron chi connectivity index (χ3n) is 2.67. The molecule has 21 heavy (non-hydrogen) atoms. The molecule has 0 atom stereocenters. The van der Waals surface area contributed by atoms with Crippen LogP contribution in [0.25, 0.3) is 10.2 Å². The highest BCUT2D eigenvalue weighted by Crippen LogP contribution is 2.24. The van der Waals surface area contributed by atoms with Gasteiger partial charge in [0.05, 0.1) is 19.8 Å². The summed E-state index contributed by atoms with van der Waals surface area (Å²) in [7, 11) is -2.72. The second-order valence-corrected chi connectivity index (χ2v) is 6.30. The van der Waals surface area contributed by atoms with Gasteiger partial charge in [0.2, 0.25) is 20.9 Å². The first-order valence-electron chi connectivity index (χ1n) is 6.39. The predicted molar refractivity (Wildman–Crippen MR) is 80.3 cm³/mol. The van der Waals surface area contributed by atoms with Crippen LogP contribution >= 0.6 is 11.3 Å². The molecule has 8 heteroatoms. The first-order valence-corrected chi connectivity index (χ1v) is 8.54. The van der Waals surface area contributed by atoms with Crippen LogP contribution in [0.2, 0.25) is 0 Å². The van der Waals surface area contributed by atoms with Crippen molar-refractivity contribution >= 4 is 32.0 Å². The molecule has 0 saturated carbocycles. The maximum Gasteiger partial charge on any atom is 0.235 e. The van der Waals surface area contributed by atoms with Crippen LogP contribution in [-0.4, -0.2) is 26.7 Å². The van der Waals surface area contributed by atoms with E-state index < -0.39 is 10.4 Å². The molecule has 0 aliphatic heterocycles. The molecule has 0 aliphatic carbocycles. The third-order valence-corrected chi connectivity index (χ3v) is 4.28. The summed E-state index contributed by atoms with van der Waals surface area (Å²) >= 11 is 1.83. The fourth-order valence-corrected chi connectivity index (χ4v) is 3.20. The van der Waals surface area contributed by atoms with E-state index in [0.29, 0.717) is 0 Å². The van der Waals surface area contributed by atoms with Crippen LogP contribution < -0.4 is 9.30 Å². The molecule has 2 rings (SSSR count). The van der Waals surface area contributed by atoms with Gasteiger partial charge in [0.25, 0.3) is 0 Å². The fraction of sp³-hybridized carbons (Fsp3) is 0.462. The van der Waals surface area contributed by atoms with Crippen LogP contribution in [0.3, 0.4) is 0 Å². The van der Waals surface area contributed by atoms with Crippen molar-refractivity contribution in [2.24, 2.45) is 0 Å². The van der Waals surface area contributed by atoms with E-state index in [4.69, 9.17) is 4.74 Å². The standard InChI is InChI=1S/C11H14NOS.C2H6O4S/c1-4-12-8(2)14-11-6-5-9(13-3)7-10(11)12;1-2-6-7(3,4)5/h5-7H,4H2,1-3H3;2H2,1H3,(H,3,4,5)/q+1;/p-1. The van der Waals surface area contributed by atoms with E-state index in [0.717, 1.165) is 12.3 Å². The van der Waals surface area contributed by atoms with Gasteiger partial charge in [-0.25, -0.2) is 8.42 Å². The number of ether oxygens (including phenoxy) is 1. The van der Waals surface area contributed by atoms with Gasteiger partial charge in [-0.2, -0.15) is 4.57 Å². The van der Waals surface area contributed by atoms with Crippen LogP contribution in [0.1, 0.15) is 18.9 Å². The number of hydrogen-bond donors (Lipinski definition) is 0. The first kappa shape index (κ1) is 17.8. The summed E-state index contributed by atoms with van der Waals surface area (Å²) in [6.45, 7) is 6.67. The molecule has 0 amide bonds. The van der Waals surface area contributed by atoms with E-state index in [9.17, 15) is 13.0 Å². The highest BCUT2D eigenvalue weighted by molar-refractivity contribution is 7.80. The van der Waals surface area contributed by atoms with Crippen molar-refractivity contribution in [1.29, 1.82) is 0 Å². The van der Waals surface area contributed by atoms with E-state index in [1.54, 1.807) is 7.11 Å². The lowest BCUT2D eigenvalue weighted by Crippen LogP contribution is -2.33. The Morgan fingerprint density at radius 3 is 2.43 bits per heavy atom. The third kappa shape index (κ3) is 5.24. The van der Waals surface area contributed by atoms with Crippen molar-refractivity contribution in [3.8, 4) is 5.75 Å². The molecule has 0 N–H and O–H groups in total. The molecular weight excluding hydrogens is 314 g/mol. The Kier molecular flexibility index (Phi) is 6.53. The molecule has 0 radical (unpaired) electrons. The fourth-order valence-electron chi connectivity index (χ4n) is 1.84. The zero-order chi connectivity index (χ0) is 16.0. The summed E-state index contributed by atoms with van der Waals surface area (Å²) in [4.78, 5) is 0. The smallest absolute Gasteiger partial charge is 0.235 e. The molecule has 118 valence electrons. The van der Waals surface area contributed by atoms with Crippen LogP contribution in [-0.2, 0) is 21.1 Å². The molecule has 2 aromatic rings. The molecular formula is C13H19NO5S2. The van der Waals surface area contributed by atoms with Gasteiger partial charge in [-0.1, -0.05) is 11.3 Å². The summed E-state index contributed by atoms with van der Waals surface area (Å²) in [5.41, 5.74) is 1.27. The Labute approximate surface area is 128 Å². The molecule has 0 saturated heterocycles. The SMILES string of the molecule is CCOS(=O)(=O)[O-].CC[n+]1c(C)sc2ccc(OC)cc21. The van der Waals surface area contributed by atoms with E-state index in [-0.39, 0.29) is 6.61 Å². The monoisotopic (exact) mass is 333 g/mol. The Hall–Kier alpha value is -1.22. The predicted octanol–water partition coefficient (Wildman–Crippen LogP) is 2.01. The number of aryl methyl sites for hydroxylation is 2. The molecule has 0 bridgehead atoms. The minimum absolute atomic E-state index is 0.0914. The summed E-state index contributed by atoms with van der Waals surface area (Å²) in [6.07, 6.45) is 0. The Bertz CT molecular complexity index is 694. The maximum atomic E-state index is 9.45. The van der Waals surface area contributed by atoms with Crippen LogP contribution in [0.15, 0.2) is 18.2 Å². The van der Waals surface area contributed by atoms with Gasteiger partial charge in [0.1, 0.15) is 17.0 Å². The van der Waals surface area contributed by atoms with Crippen molar-refractivity contribution in [3.63, 3.8) is 0 Å². The molecule has 0 spiro atoms. The molecule has 1 heterocycles. The molecule has 6 nitrogen and oxygen atoms in total. The van der Waals surface area contributed by atoms with E-state index in [1.807, 2.05) is 17.4 Å². The number of hydrogen-bond acceptors (Lipinski definition) is 6. The second kappa shape index (κ2) is 7.69. The number of rotatable bonds is 4. The molecule has 0 unspecified atom stereocenters. The average molecular weight is 333 g/mol. The minimum Gasteiger partial charge on any atom is -0.726 e. The van der Waals surface area contributed by atoms with Crippen molar-refractivity contribution in [1.82, 2.24) is 0 Å². The molecule has 1 aromatic heterocycles. The molecule has 0 aliphatic rings. The van der Waals surface area contributed by atoms with Gasteiger partial charge in [-0.15, -0.1) is 0 Å². The molecule has 0 fully saturated rings. The van der Waals surface area contributed by atoms with Crippen LogP contribution in [0.5, 0.6) is 5.75 Å². The lowest BCUT2D eigenvalue weighted by molar-refractivity contribution is -0.669. The van der Waals surface area contributed by atoms with Crippen molar-refractivity contribution in [2.45, 2.75) is 27.3 Å². The van der Waals surface area contributed by atoms with Crippen LogP contribution in [0.4, 0.5) is 0 Å². The van der Waals surface area contributed by atoms with E-state index >= 15 is 0 Å². The van der Waals surface area contributed by atoms with Gasteiger partial charge >= 0.3 is 0 Å². The summed E-state index contributed by atoms with van der Waals surface area (Å²) < 4.78 is 40.9. The average Bonchev–Trinajstić information content (AvgIpc) is 2.72. The molecule has 1 aromatic carbocycles. The largest absolute Gasteiger partial charge is 0.726 e. The van der Waals surface area contributed by atoms with Gasteiger partial charge in [-0.05, 0) is 26.0 Å². The van der Waals surface area contributed by atoms with Crippen molar-refractivity contribution in [2.75, 3.05) is 13.7 Å². The van der Waals surface area contributed by atoms with Crippen LogP contribution in [0, 0.1) is 6.92 Å². The normalized spacial score (nSPS) is 11.1. The highest BCUT2D eigenvalue weighted by atomic mass is 32.3. The second-order valence-electron chi connectivity index (χ2n) is 4.01. The summed E-state index contributed by atoms with van der Waals surface area (Å²) in [6, 6.07) is 6.23. The topological polar surface area (TPSA) is 79.5 Å². The highest BCUT2D eigenvalue weighted by Gasteiger charge is 2.15. The number of nitrogens with zero attached hydrogens (tertiary/aromatic N) is 1. The van der Waals surface area contributed by atoms with E-state index in [1.165, 1.54) is 22.1 Å². The Balaban J connectivity index is 0.000000270. The summed E-state index contributed by atoms with van der Waals surface area (Å²) in [5, 5.41) is 1.34. The van der Waals surface area contributed by atoms with Gasteiger partial charge in [0, 0.05) is 6.92 Å². The summed E-state index contributed by atoms with van der Waals surface area (Å²) in [5.74, 6) is 0.928. The lowest BCUT2D eigenvalue weighted by Gasteiger charge is -2.02. The maximum absolute atomic E-state index is 9.45. The minimum atomic E-state index is -4.42. The first-order chi connectivity index (χ1) is 9.82. The lowest BCUT2D eigenvalue weighted by atomic mass is 10.3. The van der Waals surface area contributed by atoms with E-state index in [2.05, 4.69) is 34.7 Å². The van der Waals surface area contributed by atoms with Crippen molar-refractivity contribution < 1.29 is 26.5 Å². The van der Waals surface area contributed by atoms with Gasteiger partial charge < -0.3 is 9.29 Å². The number of aromatic nitrogens is 1. The van der Waals surface area contributed by atoms with Gasteiger partial charge in [-0.3, -0.25) is 4.18 Å². The Morgan fingerprint density at radius 2 is 2.00 bits per heavy atom. The number of methoxy groups -OCH3 is 1. The zero-order valence-electron chi connectivity index (χ0n) is 12.5. The quantitative estimate of drug-likeness (QED) is 0.486. The number of fused-ring (bicyclic) bond motifs is 1. The van der Waals surface area contributed by atoms with Crippen molar-refractivity contribution in [3.05, 3.63) is 23.2 Å². The number of benzene rings is 1. The van der Waals surface area contributed by atoms with Gasteiger partial charge in [0.15, 0.2) is 0 Å².